The second-order valence-electron chi connectivity index (χ2n) is 5.97. The van der Waals surface area contributed by atoms with Gasteiger partial charge in [-0.05, 0) is 19.8 Å². The van der Waals surface area contributed by atoms with E-state index in [1.165, 1.54) is 0 Å². The molecule has 0 bridgehead atoms. The Balaban J connectivity index is 1.60. The smallest absolute Gasteiger partial charge is 0.317 e. The Morgan fingerprint density at radius 1 is 1.46 bits per heavy atom. The Kier molecular flexibility index (Phi) is 4.74. The summed E-state index contributed by atoms with van der Waals surface area (Å²) in [4.78, 5) is 18.3. The average Bonchev–Trinajstić information content (AvgIpc) is 3.18. The maximum atomic E-state index is 12.4. The van der Waals surface area contributed by atoms with Gasteiger partial charge in [-0.25, -0.2) is 9.78 Å². The van der Waals surface area contributed by atoms with Crippen LogP contribution in [0.25, 0.3) is 0 Å². The number of hydrogen-bond donors (Lipinski definition) is 3. The molecule has 1 atom stereocenters. The highest BCUT2D eigenvalue weighted by atomic mass is 16.3. The Bertz CT molecular complexity index is 709. The van der Waals surface area contributed by atoms with E-state index in [9.17, 15) is 9.90 Å². The lowest BCUT2D eigenvalue weighted by Crippen LogP contribution is -2.45. The highest BCUT2D eigenvalue weighted by molar-refractivity contribution is 5.74. The van der Waals surface area contributed by atoms with Gasteiger partial charge in [0.25, 0.3) is 0 Å². The maximum Gasteiger partial charge on any atom is 0.317 e. The van der Waals surface area contributed by atoms with Crippen LogP contribution < -0.4 is 5.32 Å². The second kappa shape index (κ2) is 6.95. The van der Waals surface area contributed by atoms with E-state index in [1.807, 2.05) is 18.5 Å². The van der Waals surface area contributed by atoms with Gasteiger partial charge in [0.1, 0.15) is 18.3 Å². The van der Waals surface area contributed by atoms with Gasteiger partial charge in [-0.2, -0.15) is 5.10 Å². The second-order valence-corrected chi connectivity index (χ2v) is 5.97. The van der Waals surface area contributed by atoms with Crippen LogP contribution in [0.15, 0.2) is 0 Å². The number of aliphatic hydroxyl groups is 1. The third kappa shape index (κ3) is 3.37. The van der Waals surface area contributed by atoms with E-state index >= 15 is 0 Å². The molecule has 0 spiro atoms. The van der Waals surface area contributed by atoms with Crippen LogP contribution in [-0.4, -0.2) is 59.1 Å². The molecule has 0 radical (unpaired) electrons. The van der Waals surface area contributed by atoms with Gasteiger partial charge in [-0.15, -0.1) is 10.2 Å². The summed E-state index contributed by atoms with van der Waals surface area (Å²) < 4.78 is 1.81. The van der Waals surface area contributed by atoms with Crippen molar-refractivity contribution in [3.63, 3.8) is 0 Å². The first-order chi connectivity index (χ1) is 11.6. The molecule has 2 aromatic heterocycles. The van der Waals surface area contributed by atoms with E-state index in [0.717, 1.165) is 24.5 Å². The molecule has 0 aromatic carbocycles. The molecule has 2 aromatic rings. The van der Waals surface area contributed by atoms with Gasteiger partial charge in [0.15, 0.2) is 11.6 Å². The van der Waals surface area contributed by atoms with E-state index < -0.39 is 0 Å². The van der Waals surface area contributed by atoms with Crippen molar-refractivity contribution in [3.8, 4) is 0 Å². The van der Waals surface area contributed by atoms with Crippen LogP contribution in [0.2, 0.25) is 0 Å². The lowest BCUT2D eigenvalue weighted by Gasteiger charge is -2.32. The molecule has 3 N–H and O–H groups in total. The monoisotopic (exact) mass is 334 g/mol. The fraction of sp³-hybridized carbons (Fsp3) is 0.643. The number of aliphatic hydroxyl groups excluding tert-OH is 1. The summed E-state index contributed by atoms with van der Waals surface area (Å²) in [6.07, 6.45) is 1.85. The Hall–Kier alpha value is -2.49. The zero-order valence-electron chi connectivity index (χ0n) is 13.9. The van der Waals surface area contributed by atoms with Crippen LogP contribution in [0.3, 0.4) is 0 Å². The van der Waals surface area contributed by atoms with E-state index in [-0.39, 0.29) is 18.6 Å². The number of carbonyl (C=O) groups excluding carboxylic acids is 1. The molecule has 0 saturated carbocycles. The van der Waals surface area contributed by atoms with Crippen molar-refractivity contribution in [1.29, 1.82) is 0 Å². The van der Waals surface area contributed by atoms with E-state index in [4.69, 9.17) is 0 Å². The number of urea groups is 1. The molecule has 130 valence electrons. The fourth-order valence-electron chi connectivity index (χ4n) is 2.98. The number of H-pyrrole nitrogens is 1. The van der Waals surface area contributed by atoms with Crippen molar-refractivity contribution < 1.29 is 9.90 Å². The fourth-order valence-corrected chi connectivity index (χ4v) is 2.98. The quantitative estimate of drug-likeness (QED) is 0.712. The van der Waals surface area contributed by atoms with Crippen LogP contribution in [0.5, 0.6) is 0 Å². The first-order valence-corrected chi connectivity index (χ1v) is 7.98. The number of rotatable bonds is 4. The van der Waals surface area contributed by atoms with E-state index in [1.54, 1.807) is 4.90 Å². The van der Waals surface area contributed by atoms with Crippen molar-refractivity contribution in [2.75, 3.05) is 13.1 Å². The summed E-state index contributed by atoms with van der Waals surface area (Å²) >= 11 is 0. The molecule has 0 aliphatic carbocycles. The van der Waals surface area contributed by atoms with Gasteiger partial charge in [-0.1, -0.05) is 0 Å². The summed E-state index contributed by atoms with van der Waals surface area (Å²) in [6, 6.07) is -0.133. The third-order valence-corrected chi connectivity index (χ3v) is 4.26. The van der Waals surface area contributed by atoms with Crippen LogP contribution in [0.4, 0.5) is 4.79 Å². The summed E-state index contributed by atoms with van der Waals surface area (Å²) in [5.41, 5.74) is 0. The number of piperidine rings is 1. The van der Waals surface area contributed by atoms with Gasteiger partial charge < -0.3 is 19.9 Å². The molecule has 1 aliphatic heterocycles. The standard InChI is InChI=1S/C14H22N8O2/c1-9-16-11(18-17-9)6-15-14(24)22-5-3-4-10(7-22)13-20-19-12(8-23)21(13)2/h10,23H,3-8H2,1-2H3,(H,15,24)(H,16,17,18)/t10-/m1/s1. The first kappa shape index (κ1) is 16.4. The molecule has 10 heteroatoms. The SMILES string of the molecule is Cc1nc(CNC(=O)N2CCC[C@@H](c3nnc(CO)n3C)C2)n[nH]1. The molecule has 2 amide bonds. The van der Waals surface area contributed by atoms with Gasteiger partial charge in [0.2, 0.25) is 0 Å². The topological polar surface area (TPSA) is 125 Å². The van der Waals surface area contributed by atoms with Crippen molar-refractivity contribution >= 4 is 6.03 Å². The normalized spacial score (nSPS) is 18.0. The van der Waals surface area contributed by atoms with Crippen molar-refractivity contribution in [3.05, 3.63) is 23.3 Å². The molecule has 1 saturated heterocycles. The van der Waals surface area contributed by atoms with Crippen LogP contribution in [0, 0.1) is 6.92 Å². The number of aromatic nitrogens is 6. The highest BCUT2D eigenvalue weighted by Gasteiger charge is 2.28. The third-order valence-electron chi connectivity index (χ3n) is 4.26. The summed E-state index contributed by atoms with van der Waals surface area (Å²) in [7, 11) is 1.84. The average molecular weight is 334 g/mol. The first-order valence-electron chi connectivity index (χ1n) is 7.98. The number of likely N-dealkylation sites (tertiary alicyclic amines) is 1. The van der Waals surface area contributed by atoms with Crippen LogP contribution >= 0.6 is 0 Å². The molecule has 10 nitrogen and oxygen atoms in total. The Labute approximate surface area is 139 Å². The lowest BCUT2D eigenvalue weighted by atomic mass is 9.97. The molecule has 1 fully saturated rings. The van der Waals surface area contributed by atoms with Crippen LogP contribution in [0.1, 0.15) is 42.1 Å². The number of aromatic amines is 1. The molecule has 1 aliphatic rings. The predicted molar refractivity (Wildman–Crippen MR) is 83.8 cm³/mol. The summed E-state index contributed by atoms with van der Waals surface area (Å²) in [5, 5.41) is 27.0. The number of aryl methyl sites for hydroxylation is 1. The predicted octanol–water partition coefficient (Wildman–Crippen LogP) is -0.177. The summed E-state index contributed by atoms with van der Waals surface area (Å²) in [6.45, 7) is 3.25. The number of carbonyl (C=O) groups is 1. The minimum absolute atomic E-state index is 0.119. The minimum Gasteiger partial charge on any atom is -0.388 e. The Morgan fingerprint density at radius 3 is 2.96 bits per heavy atom. The number of nitrogens with one attached hydrogen (secondary N) is 2. The Morgan fingerprint density at radius 2 is 2.29 bits per heavy atom. The summed E-state index contributed by atoms with van der Waals surface area (Å²) in [5.74, 6) is 2.75. The van der Waals surface area contributed by atoms with Crippen molar-refractivity contribution in [2.24, 2.45) is 7.05 Å². The van der Waals surface area contributed by atoms with Gasteiger partial charge >= 0.3 is 6.03 Å². The zero-order valence-corrected chi connectivity index (χ0v) is 13.9. The number of hydrogen-bond acceptors (Lipinski definition) is 6. The van der Waals surface area contributed by atoms with Crippen LogP contribution in [-0.2, 0) is 20.2 Å². The highest BCUT2D eigenvalue weighted by Crippen LogP contribution is 2.25. The molecule has 3 heterocycles. The zero-order chi connectivity index (χ0) is 17.1. The molecular formula is C14H22N8O2. The van der Waals surface area contributed by atoms with E-state index in [0.29, 0.717) is 31.3 Å². The molecule has 0 unspecified atom stereocenters. The maximum absolute atomic E-state index is 12.4. The number of nitrogens with zero attached hydrogens (tertiary/aromatic N) is 6. The molecule has 3 rings (SSSR count). The van der Waals surface area contributed by atoms with Gasteiger partial charge in [0, 0.05) is 26.1 Å². The minimum atomic E-state index is -0.142. The van der Waals surface area contributed by atoms with Gasteiger partial charge in [-0.3, -0.25) is 5.10 Å². The molecule has 24 heavy (non-hydrogen) atoms. The van der Waals surface area contributed by atoms with Gasteiger partial charge in [0.05, 0.1) is 6.54 Å². The lowest BCUT2D eigenvalue weighted by molar-refractivity contribution is 0.177. The van der Waals surface area contributed by atoms with E-state index in [2.05, 4.69) is 30.7 Å². The molecular weight excluding hydrogens is 312 g/mol. The largest absolute Gasteiger partial charge is 0.388 e. The number of amides is 2. The van der Waals surface area contributed by atoms with Crippen molar-refractivity contribution in [2.45, 2.75) is 38.8 Å². The van der Waals surface area contributed by atoms with Crippen molar-refractivity contribution in [1.82, 2.24) is 40.2 Å².